The minimum absolute atomic E-state index is 0.509. The lowest BCUT2D eigenvalue weighted by molar-refractivity contribution is 0.687. The highest BCUT2D eigenvalue weighted by atomic mass is 79.9. The van der Waals surface area contributed by atoms with Crippen LogP contribution in [0.25, 0.3) is 0 Å². The predicted molar refractivity (Wildman–Crippen MR) is 62.4 cm³/mol. The highest BCUT2D eigenvalue weighted by Gasteiger charge is 2.02. The summed E-state index contributed by atoms with van der Waals surface area (Å²) in [7, 11) is 0. The summed E-state index contributed by atoms with van der Waals surface area (Å²) >= 11 is 3.32. The SMILES string of the molecule is Cc1ccc(Cn2cc(Br)c(N)n2)cn1. The number of nitrogens with two attached hydrogens (primary N) is 1. The van der Waals surface area contributed by atoms with Gasteiger partial charge in [0.2, 0.25) is 0 Å². The molecule has 0 saturated heterocycles. The fraction of sp³-hybridized carbons (Fsp3) is 0.200. The monoisotopic (exact) mass is 266 g/mol. The first-order chi connectivity index (χ1) is 7.15. The number of nitrogen functional groups attached to an aromatic ring is 1. The Labute approximate surface area is 96.3 Å². The average molecular weight is 267 g/mol. The van der Waals surface area contributed by atoms with Crippen molar-refractivity contribution in [3.63, 3.8) is 0 Å². The van der Waals surface area contributed by atoms with Crippen molar-refractivity contribution in [1.82, 2.24) is 14.8 Å². The molecule has 15 heavy (non-hydrogen) atoms. The second-order valence-electron chi connectivity index (χ2n) is 3.37. The number of hydrogen-bond acceptors (Lipinski definition) is 3. The van der Waals surface area contributed by atoms with E-state index in [1.54, 1.807) is 4.68 Å². The van der Waals surface area contributed by atoms with Gasteiger partial charge < -0.3 is 5.73 Å². The van der Waals surface area contributed by atoms with Gasteiger partial charge >= 0.3 is 0 Å². The fourth-order valence-corrected chi connectivity index (χ4v) is 1.59. The van der Waals surface area contributed by atoms with Crippen LogP contribution in [0.3, 0.4) is 0 Å². The van der Waals surface area contributed by atoms with Crippen LogP contribution in [-0.4, -0.2) is 14.8 Å². The molecule has 78 valence electrons. The molecule has 0 spiro atoms. The van der Waals surface area contributed by atoms with Crippen LogP contribution in [0.1, 0.15) is 11.3 Å². The standard InChI is InChI=1S/C10H11BrN4/c1-7-2-3-8(4-13-7)5-15-6-9(11)10(12)14-15/h2-4,6H,5H2,1H3,(H2,12,14). The highest BCUT2D eigenvalue weighted by molar-refractivity contribution is 9.10. The van der Waals surface area contributed by atoms with Crippen LogP contribution >= 0.6 is 15.9 Å². The number of rotatable bonds is 2. The van der Waals surface area contributed by atoms with Crippen molar-refractivity contribution in [3.8, 4) is 0 Å². The van der Waals surface area contributed by atoms with Gasteiger partial charge in [0.05, 0.1) is 11.0 Å². The van der Waals surface area contributed by atoms with Gasteiger partial charge in [0.1, 0.15) is 0 Å². The zero-order valence-electron chi connectivity index (χ0n) is 8.31. The Hall–Kier alpha value is -1.36. The first-order valence-corrected chi connectivity index (χ1v) is 5.34. The van der Waals surface area contributed by atoms with Crippen LogP contribution in [0.4, 0.5) is 5.82 Å². The molecule has 2 rings (SSSR count). The molecule has 2 heterocycles. The summed E-state index contributed by atoms with van der Waals surface area (Å²) in [5, 5.41) is 4.15. The topological polar surface area (TPSA) is 56.7 Å². The average Bonchev–Trinajstić information content (AvgIpc) is 2.50. The molecule has 0 atom stereocenters. The third-order valence-electron chi connectivity index (χ3n) is 2.06. The van der Waals surface area contributed by atoms with E-state index < -0.39 is 0 Å². The molecule has 2 N–H and O–H groups in total. The van der Waals surface area contributed by atoms with Crippen LogP contribution in [0, 0.1) is 6.92 Å². The number of nitrogens with zero attached hydrogens (tertiary/aromatic N) is 3. The highest BCUT2D eigenvalue weighted by Crippen LogP contribution is 2.16. The second kappa shape index (κ2) is 4.02. The molecule has 0 aromatic carbocycles. The van der Waals surface area contributed by atoms with Crippen molar-refractivity contribution in [2.45, 2.75) is 13.5 Å². The molecule has 0 aliphatic rings. The summed E-state index contributed by atoms with van der Waals surface area (Å²) in [5.41, 5.74) is 7.74. The van der Waals surface area contributed by atoms with E-state index in [1.807, 2.05) is 31.5 Å². The third-order valence-corrected chi connectivity index (χ3v) is 2.67. The summed E-state index contributed by atoms with van der Waals surface area (Å²) in [6, 6.07) is 4.02. The Morgan fingerprint density at radius 3 is 2.80 bits per heavy atom. The van der Waals surface area contributed by atoms with E-state index in [0.29, 0.717) is 12.4 Å². The molecule has 5 heteroatoms. The Morgan fingerprint density at radius 1 is 1.47 bits per heavy atom. The number of hydrogen-bond donors (Lipinski definition) is 1. The van der Waals surface area contributed by atoms with E-state index in [4.69, 9.17) is 5.73 Å². The van der Waals surface area contributed by atoms with Gasteiger partial charge in [-0.25, -0.2) is 0 Å². The summed E-state index contributed by atoms with van der Waals surface area (Å²) in [6.45, 7) is 2.65. The number of halogens is 1. The van der Waals surface area contributed by atoms with Crippen LogP contribution in [0.5, 0.6) is 0 Å². The van der Waals surface area contributed by atoms with E-state index in [9.17, 15) is 0 Å². The van der Waals surface area contributed by atoms with Crippen LogP contribution in [0.15, 0.2) is 29.0 Å². The van der Waals surface area contributed by atoms with Crippen LogP contribution in [-0.2, 0) is 6.54 Å². The lowest BCUT2D eigenvalue weighted by atomic mass is 10.2. The van der Waals surface area contributed by atoms with Crippen molar-refractivity contribution < 1.29 is 0 Å². The molecule has 0 aliphatic heterocycles. The fourth-order valence-electron chi connectivity index (χ4n) is 1.27. The van der Waals surface area contributed by atoms with Gasteiger partial charge in [0.25, 0.3) is 0 Å². The normalized spacial score (nSPS) is 10.5. The zero-order chi connectivity index (χ0) is 10.8. The van der Waals surface area contributed by atoms with Crippen LogP contribution in [0.2, 0.25) is 0 Å². The summed E-state index contributed by atoms with van der Waals surface area (Å²) in [4.78, 5) is 4.22. The minimum Gasteiger partial charge on any atom is -0.381 e. The molecule has 0 saturated carbocycles. The van der Waals surface area contributed by atoms with Crippen molar-refractivity contribution >= 4 is 21.7 Å². The van der Waals surface area contributed by atoms with Crippen LogP contribution < -0.4 is 5.73 Å². The smallest absolute Gasteiger partial charge is 0.159 e. The molecule has 0 unspecified atom stereocenters. The van der Waals surface area contributed by atoms with Gasteiger partial charge in [0, 0.05) is 18.1 Å². The maximum absolute atomic E-state index is 5.62. The first kappa shape index (κ1) is 10.2. The largest absolute Gasteiger partial charge is 0.381 e. The molecule has 0 fully saturated rings. The van der Waals surface area contributed by atoms with Gasteiger partial charge in [-0.05, 0) is 34.5 Å². The molecular formula is C10H11BrN4. The lowest BCUT2D eigenvalue weighted by Crippen LogP contribution is -2.01. The van der Waals surface area contributed by atoms with Crippen molar-refractivity contribution in [1.29, 1.82) is 0 Å². The number of anilines is 1. The molecule has 2 aromatic rings. The molecule has 4 nitrogen and oxygen atoms in total. The molecular weight excluding hydrogens is 256 g/mol. The summed E-state index contributed by atoms with van der Waals surface area (Å²) in [5.74, 6) is 0.509. The van der Waals surface area contributed by atoms with Crippen molar-refractivity contribution in [3.05, 3.63) is 40.3 Å². The molecule has 0 amide bonds. The molecule has 2 aromatic heterocycles. The number of pyridine rings is 1. The quantitative estimate of drug-likeness (QED) is 0.905. The first-order valence-electron chi connectivity index (χ1n) is 4.55. The summed E-state index contributed by atoms with van der Waals surface area (Å²) < 4.78 is 2.61. The summed E-state index contributed by atoms with van der Waals surface area (Å²) in [6.07, 6.45) is 3.70. The minimum atomic E-state index is 0.509. The Morgan fingerprint density at radius 2 is 2.27 bits per heavy atom. The number of aryl methyl sites for hydroxylation is 1. The van der Waals surface area contributed by atoms with E-state index >= 15 is 0 Å². The van der Waals surface area contributed by atoms with Gasteiger partial charge in [-0.2, -0.15) is 5.10 Å². The third kappa shape index (κ3) is 2.36. The van der Waals surface area contributed by atoms with E-state index in [1.165, 1.54) is 0 Å². The van der Waals surface area contributed by atoms with E-state index in [2.05, 4.69) is 26.0 Å². The maximum Gasteiger partial charge on any atom is 0.159 e. The van der Waals surface area contributed by atoms with Gasteiger partial charge in [-0.1, -0.05) is 6.07 Å². The lowest BCUT2D eigenvalue weighted by Gasteiger charge is -2.01. The molecule has 0 bridgehead atoms. The predicted octanol–water partition coefficient (Wildman–Crippen LogP) is 1.98. The maximum atomic E-state index is 5.62. The zero-order valence-corrected chi connectivity index (χ0v) is 9.90. The Balaban J connectivity index is 2.18. The second-order valence-corrected chi connectivity index (χ2v) is 4.22. The van der Waals surface area contributed by atoms with Gasteiger partial charge in [-0.15, -0.1) is 0 Å². The van der Waals surface area contributed by atoms with Crippen molar-refractivity contribution in [2.75, 3.05) is 5.73 Å². The Kier molecular flexibility index (Phi) is 2.73. The number of aromatic nitrogens is 3. The van der Waals surface area contributed by atoms with Crippen molar-refractivity contribution in [2.24, 2.45) is 0 Å². The van der Waals surface area contributed by atoms with E-state index in [0.717, 1.165) is 15.7 Å². The van der Waals surface area contributed by atoms with E-state index in [-0.39, 0.29) is 0 Å². The van der Waals surface area contributed by atoms with Gasteiger partial charge in [-0.3, -0.25) is 9.67 Å². The Bertz CT molecular complexity index is 441. The van der Waals surface area contributed by atoms with Gasteiger partial charge in [0.15, 0.2) is 5.82 Å². The molecule has 0 radical (unpaired) electrons. The molecule has 0 aliphatic carbocycles.